The Kier molecular flexibility index (Phi) is 9.57. The summed E-state index contributed by atoms with van der Waals surface area (Å²) in [5.74, 6) is 1.41. The molecule has 3 rings (SSSR count). The van der Waals surface area contributed by atoms with Crippen LogP contribution in [-0.4, -0.2) is 44.1 Å². The van der Waals surface area contributed by atoms with E-state index in [1.165, 1.54) is 16.7 Å². The molecule has 2 aromatic rings. The van der Waals surface area contributed by atoms with Crippen molar-refractivity contribution in [2.45, 2.75) is 25.8 Å². The molecule has 0 saturated carbocycles. The summed E-state index contributed by atoms with van der Waals surface area (Å²) in [5, 5.41) is 3.19. The summed E-state index contributed by atoms with van der Waals surface area (Å²) in [4.78, 5) is 6.95. The number of rotatable bonds is 8. The van der Waals surface area contributed by atoms with Crippen LogP contribution < -0.4 is 15.8 Å². The van der Waals surface area contributed by atoms with E-state index in [1.54, 1.807) is 7.11 Å². The Morgan fingerprint density at radius 2 is 1.89 bits per heavy atom. The molecule has 3 N–H and O–H groups in total. The molecule has 0 bridgehead atoms. The van der Waals surface area contributed by atoms with Gasteiger partial charge in [0.2, 0.25) is 0 Å². The second-order valence-electron chi connectivity index (χ2n) is 6.94. The summed E-state index contributed by atoms with van der Waals surface area (Å²) in [6, 6.07) is 16.9. The smallest absolute Gasteiger partial charge is 0.188 e. The van der Waals surface area contributed by atoms with Crippen molar-refractivity contribution in [3.05, 3.63) is 65.2 Å². The van der Waals surface area contributed by atoms with Crippen LogP contribution in [0.2, 0.25) is 0 Å². The molecule has 0 fully saturated rings. The van der Waals surface area contributed by atoms with E-state index in [9.17, 15) is 0 Å². The van der Waals surface area contributed by atoms with Gasteiger partial charge in [0.15, 0.2) is 5.96 Å². The second kappa shape index (κ2) is 11.9. The van der Waals surface area contributed by atoms with Crippen molar-refractivity contribution in [3.8, 4) is 5.75 Å². The lowest BCUT2D eigenvalue weighted by molar-refractivity contribution is 0.252. The van der Waals surface area contributed by atoms with Crippen LogP contribution in [0.1, 0.15) is 23.1 Å². The van der Waals surface area contributed by atoms with E-state index in [2.05, 4.69) is 51.6 Å². The predicted molar refractivity (Wildman–Crippen MR) is 127 cm³/mol. The molecular formula is C22H31IN4O. The zero-order chi connectivity index (χ0) is 18.9. The molecule has 0 amide bonds. The van der Waals surface area contributed by atoms with Crippen LogP contribution in [0.15, 0.2) is 53.5 Å². The average Bonchev–Trinajstić information content (AvgIpc) is 2.71. The van der Waals surface area contributed by atoms with Crippen LogP contribution in [0.3, 0.4) is 0 Å². The monoisotopic (exact) mass is 494 g/mol. The molecule has 6 heteroatoms. The van der Waals surface area contributed by atoms with Gasteiger partial charge in [-0.3, -0.25) is 9.89 Å². The number of nitrogens with zero attached hydrogens (tertiary/aromatic N) is 2. The van der Waals surface area contributed by atoms with Gasteiger partial charge in [0, 0.05) is 32.7 Å². The predicted octanol–water partition coefficient (Wildman–Crippen LogP) is 3.21. The van der Waals surface area contributed by atoms with Gasteiger partial charge in [0.05, 0.1) is 7.11 Å². The topological polar surface area (TPSA) is 62.9 Å². The zero-order valence-corrected chi connectivity index (χ0v) is 18.9. The number of aliphatic imine (C=N–C) groups is 1. The van der Waals surface area contributed by atoms with Gasteiger partial charge in [-0.05, 0) is 48.1 Å². The highest BCUT2D eigenvalue weighted by atomic mass is 127. The van der Waals surface area contributed by atoms with Crippen molar-refractivity contribution in [2.24, 2.45) is 10.7 Å². The van der Waals surface area contributed by atoms with E-state index >= 15 is 0 Å². The Hall–Kier alpha value is -1.80. The minimum Gasteiger partial charge on any atom is -0.497 e. The lowest BCUT2D eigenvalue weighted by Crippen LogP contribution is -2.34. The number of hydrogen-bond acceptors (Lipinski definition) is 3. The Bertz CT molecular complexity index is 748. The van der Waals surface area contributed by atoms with Crippen molar-refractivity contribution in [2.75, 3.05) is 33.3 Å². The van der Waals surface area contributed by atoms with E-state index in [1.807, 2.05) is 12.1 Å². The van der Waals surface area contributed by atoms with Crippen molar-refractivity contribution in [3.63, 3.8) is 0 Å². The number of hydrogen-bond donors (Lipinski definition) is 2. The Morgan fingerprint density at radius 3 is 2.64 bits per heavy atom. The first-order chi connectivity index (χ1) is 13.2. The third-order valence-electron chi connectivity index (χ3n) is 5.00. The maximum Gasteiger partial charge on any atom is 0.188 e. The number of benzene rings is 2. The first-order valence-electron chi connectivity index (χ1n) is 9.70. The highest BCUT2D eigenvalue weighted by molar-refractivity contribution is 14.0. The fraction of sp³-hybridized carbons (Fsp3) is 0.409. The fourth-order valence-electron chi connectivity index (χ4n) is 3.42. The number of halogens is 1. The third-order valence-corrected chi connectivity index (χ3v) is 5.00. The van der Waals surface area contributed by atoms with Crippen molar-refractivity contribution < 1.29 is 4.74 Å². The molecule has 0 atom stereocenters. The van der Waals surface area contributed by atoms with Crippen LogP contribution >= 0.6 is 24.0 Å². The molecule has 0 spiro atoms. The van der Waals surface area contributed by atoms with Crippen LogP contribution in [0.5, 0.6) is 5.75 Å². The van der Waals surface area contributed by atoms with Crippen molar-refractivity contribution in [1.82, 2.24) is 10.2 Å². The molecule has 152 valence electrons. The van der Waals surface area contributed by atoms with Gasteiger partial charge in [-0.25, -0.2) is 0 Å². The molecule has 28 heavy (non-hydrogen) atoms. The Morgan fingerprint density at radius 1 is 1.14 bits per heavy atom. The van der Waals surface area contributed by atoms with Gasteiger partial charge in [0.1, 0.15) is 5.75 Å². The van der Waals surface area contributed by atoms with E-state index in [4.69, 9.17) is 10.5 Å². The molecule has 0 aliphatic carbocycles. The zero-order valence-electron chi connectivity index (χ0n) is 16.6. The van der Waals surface area contributed by atoms with Gasteiger partial charge >= 0.3 is 0 Å². The van der Waals surface area contributed by atoms with Crippen LogP contribution in [0, 0.1) is 0 Å². The summed E-state index contributed by atoms with van der Waals surface area (Å²) in [5.41, 5.74) is 10.2. The number of fused-ring (bicyclic) bond motifs is 1. The fourth-order valence-corrected chi connectivity index (χ4v) is 3.42. The van der Waals surface area contributed by atoms with Crippen LogP contribution in [0.4, 0.5) is 0 Å². The number of methoxy groups -OCH3 is 1. The molecule has 2 aromatic carbocycles. The largest absolute Gasteiger partial charge is 0.497 e. The van der Waals surface area contributed by atoms with Gasteiger partial charge in [-0.2, -0.15) is 0 Å². The molecule has 5 nitrogen and oxygen atoms in total. The summed E-state index contributed by atoms with van der Waals surface area (Å²) < 4.78 is 5.17. The summed E-state index contributed by atoms with van der Waals surface area (Å²) >= 11 is 0. The summed E-state index contributed by atoms with van der Waals surface area (Å²) in [6.07, 6.45) is 3.09. The molecule has 1 aliphatic heterocycles. The molecule has 0 aromatic heterocycles. The lowest BCUT2D eigenvalue weighted by Gasteiger charge is -2.28. The maximum absolute atomic E-state index is 5.97. The van der Waals surface area contributed by atoms with E-state index < -0.39 is 0 Å². The minimum absolute atomic E-state index is 0. The first kappa shape index (κ1) is 22.5. The van der Waals surface area contributed by atoms with Crippen LogP contribution in [-0.2, 0) is 19.4 Å². The second-order valence-corrected chi connectivity index (χ2v) is 6.94. The van der Waals surface area contributed by atoms with Gasteiger partial charge in [-0.15, -0.1) is 24.0 Å². The standard InChI is InChI=1S/C22H30N4O.HI/c1-27-21-9-7-18(8-10-21)11-14-25-22(23)24-13-4-15-26-16-12-19-5-2-3-6-20(19)17-26;/h2-3,5-10H,4,11-17H2,1H3,(H3,23,24,25);1H. The van der Waals surface area contributed by atoms with Gasteiger partial charge < -0.3 is 15.8 Å². The SMILES string of the molecule is COc1ccc(CCNC(N)=NCCCN2CCc3ccccc3C2)cc1.I. The third kappa shape index (κ3) is 6.98. The summed E-state index contributed by atoms with van der Waals surface area (Å²) in [7, 11) is 1.68. The average molecular weight is 494 g/mol. The molecule has 1 heterocycles. The number of guanidine groups is 1. The molecule has 0 unspecified atom stereocenters. The van der Waals surface area contributed by atoms with Crippen molar-refractivity contribution >= 4 is 29.9 Å². The number of nitrogens with one attached hydrogen (secondary N) is 1. The maximum atomic E-state index is 5.97. The molecular weight excluding hydrogens is 463 g/mol. The van der Waals surface area contributed by atoms with Gasteiger partial charge in [-0.1, -0.05) is 36.4 Å². The molecule has 0 radical (unpaired) electrons. The normalized spacial score (nSPS) is 14.1. The lowest BCUT2D eigenvalue weighted by atomic mass is 10.00. The van der Waals surface area contributed by atoms with E-state index in [-0.39, 0.29) is 24.0 Å². The van der Waals surface area contributed by atoms with E-state index in [0.717, 1.165) is 57.7 Å². The number of nitrogens with two attached hydrogens (primary N) is 1. The van der Waals surface area contributed by atoms with E-state index in [0.29, 0.717) is 5.96 Å². The Labute approximate surface area is 185 Å². The highest BCUT2D eigenvalue weighted by Crippen LogP contribution is 2.18. The minimum atomic E-state index is 0. The van der Waals surface area contributed by atoms with Crippen LogP contribution in [0.25, 0.3) is 0 Å². The van der Waals surface area contributed by atoms with Gasteiger partial charge in [0.25, 0.3) is 0 Å². The quantitative estimate of drug-likeness (QED) is 0.256. The van der Waals surface area contributed by atoms with Crippen molar-refractivity contribution in [1.29, 1.82) is 0 Å². The highest BCUT2D eigenvalue weighted by Gasteiger charge is 2.14. The number of ether oxygens (including phenoxy) is 1. The molecule has 0 saturated heterocycles. The Balaban J connectivity index is 0.00000280. The molecule has 1 aliphatic rings. The summed E-state index contributed by atoms with van der Waals surface area (Å²) in [6.45, 7) is 4.80. The first-order valence-corrected chi connectivity index (χ1v) is 9.70.